The number of nitrogens with one attached hydrogen (secondary N) is 3. The Morgan fingerprint density at radius 1 is 0.538 bits per heavy atom. The highest BCUT2D eigenvalue weighted by Gasteiger charge is 2.49. The molecule has 0 aromatic heterocycles. The summed E-state index contributed by atoms with van der Waals surface area (Å²) in [5.41, 5.74) is 0. The maximum atomic E-state index is 15.4. The van der Waals surface area contributed by atoms with Crippen LogP contribution < -0.4 is 16.0 Å². The first kappa shape index (κ1) is 89.7. The molecule has 3 unspecified atom stereocenters. The predicted octanol–water partition coefficient (Wildman–Crippen LogP) is 5.76. The van der Waals surface area contributed by atoms with Crippen LogP contribution in [0.15, 0.2) is 0 Å². The molecule has 3 N–H and O–H groups in total. The van der Waals surface area contributed by atoms with Crippen LogP contribution in [0, 0.1) is 41.4 Å². The molecule has 0 spiro atoms. The number of carbonyl (C=O) groups excluding carboxylic acids is 13. The van der Waals surface area contributed by atoms with Crippen molar-refractivity contribution in [1.82, 2.24) is 64.9 Å². The van der Waals surface area contributed by atoms with E-state index >= 15 is 24.0 Å². The van der Waals surface area contributed by atoms with Crippen LogP contribution in [0.4, 0.5) is 22.0 Å². The first-order valence-electron chi connectivity index (χ1n) is 38.0. The fourth-order valence-corrected chi connectivity index (χ4v) is 15.8. The summed E-state index contributed by atoms with van der Waals surface area (Å²) in [5.74, 6) is -18.0. The van der Waals surface area contributed by atoms with Crippen LogP contribution in [0.5, 0.6) is 0 Å². The van der Waals surface area contributed by atoms with Gasteiger partial charge in [-0.3, -0.25) is 62.3 Å². The summed E-state index contributed by atoms with van der Waals surface area (Å²) >= 11 is 6.39. The number of alkyl halides is 6. The minimum atomic E-state index is -4.59. The zero-order valence-electron chi connectivity index (χ0n) is 65.4. The van der Waals surface area contributed by atoms with E-state index in [9.17, 15) is 60.3 Å². The van der Waals surface area contributed by atoms with Crippen LogP contribution in [0.25, 0.3) is 0 Å². The van der Waals surface area contributed by atoms with Gasteiger partial charge >= 0.3 is 6.18 Å². The normalized spacial score (nSPS) is 28.6. The van der Waals surface area contributed by atoms with Crippen LogP contribution in [0.3, 0.4) is 0 Å². The molecule has 3 heterocycles. The highest BCUT2D eigenvalue weighted by Crippen LogP contribution is 2.44. The monoisotopic (exact) mass is 1530 g/mol. The molecule has 0 aromatic carbocycles. The maximum Gasteiger partial charge on any atom is 0.393 e. The van der Waals surface area contributed by atoms with E-state index in [1.54, 1.807) is 46.4 Å². The summed E-state index contributed by atoms with van der Waals surface area (Å²) in [4.78, 5) is 205. The van der Waals surface area contributed by atoms with Crippen LogP contribution in [-0.2, 0) is 62.3 Å². The number of nitrogens with zero attached hydrogens (tertiary/aromatic N) is 10. The average Bonchev–Trinajstić information content (AvgIpc) is 0.807. The SMILES string of the molecule is CC[C@H](C)[C@@H]1NC(=O)[C@H](CC(C)C)N(C)C(=O)C[C@@H](C(=O)N2CCCCC2)N(C)C(=O)[C@H](C(C)C)N(C)C(=O)[C@H](C(C)C)NC(=O)[C@H](CC(=O)N2CCC(F)(F)CC2)N(C)C(=O)[C@H](CCC2CCC(C(F)(F)F)C(Cl)C2)NC(=O)CN(C)C(=O)[C@H](CC2CCCCC2)N(C)C(=O)CN(C)C(=O)CN(C)C1=O. The highest BCUT2D eigenvalue weighted by molar-refractivity contribution is 6.21. The van der Waals surface area contributed by atoms with Gasteiger partial charge in [0, 0.05) is 101 Å². The van der Waals surface area contributed by atoms with E-state index in [4.69, 9.17) is 11.6 Å². The Balaban J connectivity index is 1.67. The molecule has 26 nitrogen and oxygen atoms in total. The van der Waals surface area contributed by atoms with Crippen molar-refractivity contribution in [2.45, 2.75) is 250 Å². The van der Waals surface area contributed by atoms with Crippen molar-refractivity contribution >= 4 is 88.4 Å². The smallest absolute Gasteiger partial charge is 0.343 e. The number of rotatable bonds is 14. The minimum absolute atomic E-state index is 0.00204. The Kier molecular flexibility index (Phi) is 33.8. The van der Waals surface area contributed by atoms with E-state index in [0.29, 0.717) is 32.4 Å². The van der Waals surface area contributed by atoms with Crippen molar-refractivity contribution in [3.63, 3.8) is 0 Å². The Hall–Kier alpha value is -6.95. The largest absolute Gasteiger partial charge is 0.393 e. The average molecular weight is 1530 g/mol. The third kappa shape index (κ3) is 24.5. The van der Waals surface area contributed by atoms with Gasteiger partial charge in [-0.2, -0.15) is 13.2 Å². The molecule has 0 aromatic rings. The molecule has 602 valence electrons. The van der Waals surface area contributed by atoms with Gasteiger partial charge in [0.15, 0.2) is 0 Å². The first-order chi connectivity index (χ1) is 49.4. The molecule has 0 radical (unpaired) electrons. The van der Waals surface area contributed by atoms with Gasteiger partial charge in [0.2, 0.25) is 76.8 Å². The van der Waals surface area contributed by atoms with Gasteiger partial charge in [0.05, 0.1) is 38.4 Å². The molecule has 13 amide bonds. The molecular formula is C74H121ClF5N13O13. The van der Waals surface area contributed by atoms with E-state index in [2.05, 4.69) is 16.0 Å². The number of likely N-dealkylation sites (N-methyl/N-ethyl adjacent to an activating group) is 8. The van der Waals surface area contributed by atoms with Crippen LogP contribution in [0.2, 0.25) is 0 Å². The molecule has 12 atom stereocenters. The molecule has 32 heteroatoms. The summed E-state index contributed by atoms with van der Waals surface area (Å²) in [6.07, 6.45) is -1.43. The van der Waals surface area contributed by atoms with Gasteiger partial charge in [-0.15, -0.1) is 11.6 Å². The number of hydrogen-bond acceptors (Lipinski definition) is 13. The van der Waals surface area contributed by atoms with Crippen LogP contribution in [-0.4, -0.2) is 294 Å². The summed E-state index contributed by atoms with van der Waals surface area (Å²) in [7, 11) is 10.6. The summed E-state index contributed by atoms with van der Waals surface area (Å²) in [6, 6.07) is -11.7. The number of hydrogen-bond donors (Lipinski definition) is 3. The molecule has 5 aliphatic rings. The standard InChI is InChI=1S/C74H121ClF5N13O13/c1-17-47(8)63-70(104)86(11)42-60(97)84(9)43-61(98)88(13)55(38-48-24-20-18-21-25-48)68(102)85(10)41-57(94)81-52(29-27-49-26-28-50(51(75)37-49)74(78,79)80)67(101)89(14)54(39-59(96)92-34-30-73(76,77)31-35-92)66(100)82-62(45(4)5)71(105)91(16)64(46(6)7)72(106)90(15)56(69(103)93-32-22-19-23-33-93)40-58(95)87(12)53(36-44(2)3)65(99)83-63/h44-56,62-64H,17-43H2,1-16H3,(H,81,94)(H,82,100)(H,83,99)/t47-,49?,50?,51?,52-,53-,54-,55-,56-,62-,63-,64-/m0/s1. The van der Waals surface area contributed by atoms with Crippen LogP contribution in [0.1, 0.15) is 184 Å². The Morgan fingerprint density at radius 2 is 1.09 bits per heavy atom. The Labute approximate surface area is 628 Å². The topological polar surface area (TPSA) is 290 Å². The van der Waals surface area contributed by atoms with Gasteiger partial charge in [0.1, 0.15) is 48.3 Å². The number of halogens is 6. The molecule has 3 saturated heterocycles. The van der Waals surface area contributed by atoms with Gasteiger partial charge in [-0.1, -0.05) is 93.9 Å². The van der Waals surface area contributed by atoms with Crippen molar-refractivity contribution in [3.05, 3.63) is 0 Å². The van der Waals surface area contributed by atoms with E-state index in [1.165, 1.54) is 59.1 Å². The van der Waals surface area contributed by atoms with E-state index in [-0.39, 0.29) is 56.8 Å². The van der Waals surface area contributed by atoms with E-state index in [0.717, 1.165) is 79.9 Å². The second kappa shape index (κ2) is 39.9. The zero-order chi connectivity index (χ0) is 79.7. The highest BCUT2D eigenvalue weighted by atomic mass is 35.5. The minimum Gasteiger partial charge on any atom is -0.343 e. The quantitative estimate of drug-likeness (QED) is 0.138. The molecule has 3 aliphatic heterocycles. The maximum absolute atomic E-state index is 15.4. The van der Waals surface area contributed by atoms with E-state index in [1.807, 2.05) is 13.8 Å². The van der Waals surface area contributed by atoms with Crippen molar-refractivity contribution in [1.29, 1.82) is 0 Å². The van der Waals surface area contributed by atoms with Crippen molar-refractivity contribution in [3.8, 4) is 0 Å². The zero-order valence-corrected chi connectivity index (χ0v) is 66.1. The lowest BCUT2D eigenvalue weighted by Gasteiger charge is -2.40. The molecule has 0 bridgehead atoms. The van der Waals surface area contributed by atoms with Crippen molar-refractivity contribution < 1.29 is 84.3 Å². The second-order valence-corrected chi connectivity index (χ2v) is 32.4. The summed E-state index contributed by atoms with van der Waals surface area (Å²) < 4.78 is 71.5. The summed E-state index contributed by atoms with van der Waals surface area (Å²) in [6.45, 7) is 11.5. The van der Waals surface area contributed by atoms with E-state index < -0.39 is 231 Å². The Morgan fingerprint density at radius 3 is 1.65 bits per heavy atom. The first-order valence-corrected chi connectivity index (χ1v) is 38.5. The lowest BCUT2D eigenvalue weighted by Crippen LogP contribution is -2.62. The van der Waals surface area contributed by atoms with Gasteiger partial charge in [-0.05, 0) is 99.7 Å². The lowest BCUT2D eigenvalue weighted by atomic mass is 9.78. The molecule has 5 rings (SSSR count). The summed E-state index contributed by atoms with van der Waals surface area (Å²) in [5, 5.41) is 6.93. The van der Waals surface area contributed by atoms with Gasteiger partial charge in [0.25, 0.3) is 5.92 Å². The van der Waals surface area contributed by atoms with Crippen LogP contribution >= 0.6 is 11.6 Å². The number of amides is 13. The second-order valence-electron chi connectivity index (χ2n) is 31.8. The van der Waals surface area contributed by atoms with Crippen molar-refractivity contribution in [2.24, 2.45) is 41.4 Å². The van der Waals surface area contributed by atoms with Gasteiger partial charge < -0.3 is 64.9 Å². The number of piperidine rings is 2. The fraction of sp³-hybridized carbons (Fsp3) is 0.824. The molecule has 106 heavy (non-hydrogen) atoms. The molecule has 5 fully saturated rings. The third-order valence-electron chi connectivity index (χ3n) is 22.5. The Bertz CT molecular complexity index is 3070. The molecule has 2 saturated carbocycles. The molecular weight excluding hydrogens is 1410 g/mol. The number of likely N-dealkylation sites (tertiary alicyclic amines) is 2. The third-order valence-corrected chi connectivity index (χ3v) is 23.0. The fourth-order valence-electron chi connectivity index (χ4n) is 15.2. The predicted molar refractivity (Wildman–Crippen MR) is 387 cm³/mol. The lowest BCUT2D eigenvalue weighted by molar-refractivity contribution is -0.182. The molecule has 2 aliphatic carbocycles. The van der Waals surface area contributed by atoms with Gasteiger partial charge in [-0.25, -0.2) is 8.78 Å². The van der Waals surface area contributed by atoms with Crippen molar-refractivity contribution in [2.75, 3.05) is 102 Å². The number of carbonyl (C=O) groups is 13.